The maximum absolute atomic E-state index is 12.4. The molecular formula is C19H22N6OS. The van der Waals surface area contributed by atoms with E-state index in [1.165, 1.54) is 4.88 Å². The van der Waals surface area contributed by atoms with Gasteiger partial charge in [0.15, 0.2) is 0 Å². The number of hydrogen-bond acceptors (Lipinski definition) is 7. The van der Waals surface area contributed by atoms with E-state index in [9.17, 15) is 10.1 Å². The predicted octanol–water partition coefficient (Wildman–Crippen LogP) is 2.05. The van der Waals surface area contributed by atoms with Gasteiger partial charge in [-0.3, -0.25) is 14.7 Å². The SMILES string of the molecule is N#Cc1c(NC(=O)CCN2CCN(c3cnccn3)CC2)sc2c1CCC2. The van der Waals surface area contributed by atoms with Crippen LogP contribution in [-0.2, 0) is 17.6 Å². The van der Waals surface area contributed by atoms with E-state index in [0.717, 1.165) is 68.4 Å². The lowest BCUT2D eigenvalue weighted by molar-refractivity contribution is -0.116. The van der Waals surface area contributed by atoms with Crippen LogP contribution in [0, 0.1) is 11.3 Å². The molecule has 0 radical (unpaired) electrons. The third-order valence-electron chi connectivity index (χ3n) is 5.19. The van der Waals surface area contributed by atoms with Gasteiger partial charge in [-0.2, -0.15) is 5.26 Å². The molecule has 140 valence electrons. The van der Waals surface area contributed by atoms with Crippen LogP contribution in [0.15, 0.2) is 18.6 Å². The zero-order valence-electron chi connectivity index (χ0n) is 15.1. The molecule has 3 heterocycles. The van der Waals surface area contributed by atoms with Gasteiger partial charge in [0.2, 0.25) is 5.91 Å². The van der Waals surface area contributed by atoms with Gasteiger partial charge < -0.3 is 10.2 Å². The molecule has 2 aromatic rings. The number of nitriles is 1. The standard InChI is InChI=1S/C19H22N6OS/c20-12-15-14-2-1-3-16(14)27-19(15)23-18(26)4-7-24-8-10-25(11-9-24)17-13-21-5-6-22-17/h5-6,13H,1-4,7-11H2,(H,23,26). The number of amides is 1. The van der Waals surface area contributed by atoms with Crippen molar-refractivity contribution in [1.29, 1.82) is 5.26 Å². The summed E-state index contributed by atoms with van der Waals surface area (Å²) in [5.41, 5.74) is 1.83. The molecule has 0 aromatic carbocycles. The van der Waals surface area contributed by atoms with E-state index in [2.05, 4.69) is 31.2 Å². The summed E-state index contributed by atoms with van der Waals surface area (Å²) in [6.45, 7) is 4.31. The summed E-state index contributed by atoms with van der Waals surface area (Å²) in [6, 6.07) is 2.28. The maximum atomic E-state index is 12.4. The van der Waals surface area contributed by atoms with E-state index in [-0.39, 0.29) is 5.91 Å². The third-order valence-corrected chi connectivity index (χ3v) is 6.39. The molecule has 0 bridgehead atoms. The fraction of sp³-hybridized carbons (Fsp3) is 0.474. The minimum atomic E-state index is -0.0113. The highest BCUT2D eigenvalue weighted by Gasteiger charge is 2.23. The molecule has 1 fully saturated rings. The van der Waals surface area contributed by atoms with Crippen molar-refractivity contribution in [3.8, 4) is 6.07 Å². The van der Waals surface area contributed by atoms with Gasteiger partial charge in [0.05, 0.1) is 11.8 Å². The molecule has 1 aliphatic heterocycles. The lowest BCUT2D eigenvalue weighted by atomic mass is 10.1. The Kier molecular flexibility index (Phi) is 5.32. The Labute approximate surface area is 162 Å². The first-order chi connectivity index (χ1) is 13.2. The number of fused-ring (bicyclic) bond motifs is 1. The average molecular weight is 382 g/mol. The number of anilines is 2. The Morgan fingerprint density at radius 3 is 2.85 bits per heavy atom. The number of carbonyl (C=O) groups is 1. The second-order valence-electron chi connectivity index (χ2n) is 6.86. The first-order valence-electron chi connectivity index (χ1n) is 9.32. The van der Waals surface area contributed by atoms with Gasteiger partial charge >= 0.3 is 0 Å². The molecule has 0 saturated carbocycles. The Balaban J connectivity index is 1.26. The van der Waals surface area contributed by atoms with Crippen LogP contribution < -0.4 is 10.2 Å². The average Bonchev–Trinajstić information content (AvgIpc) is 3.28. The zero-order chi connectivity index (χ0) is 18.6. The molecule has 0 spiro atoms. The highest BCUT2D eigenvalue weighted by atomic mass is 32.1. The summed E-state index contributed by atoms with van der Waals surface area (Å²) in [6.07, 6.45) is 8.72. The Hall–Kier alpha value is -2.50. The molecule has 1 N–H and O–H groups in total. The minimum Gasteiger partial charge on any atom is -0.353 e. The zero-order valence-corrected chi connectivity index (χ0v) is 16.0. The van der Waals surface area contributed by atoms with Crippen LogP contribution in [0.5, 0.6) is 0 Å². The number of hydrogen-bond donors (Lipinski definition) is 1. The highest BCUT2D eigenvalue weighted by molar-refractivity contribution is 7.16. The molecule has 1 saturated heterocycles. The van der Waals surface area contributed by atoms with Crippen LogP contribution in [0.4, 0.5) is 10.8 Å². The van der Waals surface area contributed by atoms with Crippen molar-refractivity contribution in [3.63, 3.8) is 0 Å². The van der Waals surface area contributed by atoms with Gasteiger partial charge in [-0.25, -0.2) is 4.98 Å². The minimum absolute atomic E-state index is 0.0113. The number of carbonyl (C=O) groups excluding carboxylic acids is 1. The summed E-state index contributed by atoms with van der Waals surface area (Å²) in [5.74, 6) is 0.896. The van der Waals surface area contributed by atoms with Crippen molar-refractivity contribution in [2.45, 2.75) is 25.7 Å². The second-order valence-corrected chi connectivity index (χ2v) is 7.97. The van der Waals surface area contributed by atoms with E-state index in [0.29, 0.717) is 12.0 Å². The van der Waals surface area contributed by atoms with Crippen molar-refractivity contribution < 1.29 is 4.79 Å². The predicted molar refractivity (Wildman–Crippen MR) is 105 cm³/mol. The summed E-state index contributed by atoms with van der Waals surface area (Å²) >= 11 is 1.57. The smallest absolute Gasteiger partial charge is 0.226 e. The molecule has 8 heteroatoms. The van der Waals surface area contributed by atoms with E-state index in [1.54, 1.807) is 29.9 Å². The lowest BCUT2D eigenvalue weighted by Crippen LogP contribution is -2.47. The van der Waals surface area contributed by atoms with Crippen molar-refractivity contribution in [2.75, 3.05) is 42.9 Å². The van der Waals surface area contributed by atoms with Gasteiger partial charge in [0.1, 0.15) is 16.9 Å². The third kappa shape index (κ3) is 3.94. The van der Waals surface area contributed by atoms with Crippen LogP contribution in [0.2, 0.25) is 0 Å². The molecule has 27 heavy (non-hydrogen) atoms. The van der Waals surface area contributed by atoms with E-state index in [1.807, 2.05) is 0 Å². The van der Waals surface area contributed by atoms with Gasteiger partial charge in [-0.05, 0) is 24.8 Å². The second kappa shape index (κ2) is 8.03. The fourth-order valence-electron chi connectivity index (χ4n) is 3.71. The van der Waals surface area contributed by atoms with Gasteiger partial charge in [-0.15, -0.1) is 11.3 Å². The van der Waals surface area contributed by atoms with Crippen LogP contribution in [-0.4, -0.2) is 53.5 Å². The highest BCUT2D eigenvalue weighted by Crippen LogP contribution is 2.38. The first kappa shape index (κ1) is 17.9. The molecular weight excluding hydrogens is 360 g/mol. The number of nitrogens with one attached hydrogen (secondary N) is 1. The van der Waals surface area contributed by atoms with Gasteiger partial charge in [-0.1, -0.05) is 0 Å². The Morgan fingerprint density at radius 1 is 1.26 bits per heavy atom. The first-order valence-corrected chi connectivity index (χ1v) is 10.1. The van der Waals surface area contributed by atoms with Crippen LogP contribution in [0.25, 0.3) is 0 Å². The molecule has 1 amide bonds. The number of aromatic nitrogens is 2. The monoisotopic (exact) mass is 382 g/mol. The molecule has 2 aliphatic rings. The van der Waals surface area contributed by atoms with Crippen molar-refractivity contribution in [2.24, 2.45) is 0 Å². The number of nitrogens with zero attached hydrogens (tertiary/aromatic N) is 5. The maximum Gasteiger partial charge on any atom is 0.226 e. The Bertz CT molecular complexity index is 851. The van der Waals surface area contributed by atoms with Crippen molar-refractivity contribution in [3.05, 3.63) is 34.6 Å². The quantitative estimate of drug-likeness (QED) is 0.852. The van der Waals surface area contributed by atoms with Crippen LogP contribution in [0.1, 0.15) is 28.8 Å². The molecule has 1 aliphatic carbocycles. The molecule has 4 rings (SSSR count). The topological polar surface area (TPSA) is 85.2 Å². The molecule has 2 aromatic heterocycles. The largest absolute Gasteiger partial charge is 0.353 e. The molecule has 0 unspecified atom stereocenters. The van der Waals surface area contributed by atoms with Gasteiger partial charge in [0.25, 0.3) is 0 Å². The fourth-order valence-corrected chi connectivity index (χ4v) is 4.97. The van der Waals surface area contributed by atoms with E-state index < -0.39 is 0 Å². The van der Waals surface area contributed by atoms with E-state index >= 15 is 0 Å². The summed E-state index contributed by atoms with van der Waals surface area (Å²) in [5, 5.41) is 13.1. The molecule has 0 atom stereocenters. The van der Waals surface area contributed by atoms with Crippen molar-refractivity contribution >= 4 is 28.1 Å². The number of aryl methyl sites for hydroxylation is 1. The number of thiophene rings is 1. The molecule has 7 nitrogen and oxygen atoms in total. The Morgan fingerprint density at radius 2 is 2.11 bits per heavy atom. The number of piperazine rings is 1. The van der Waals surface area contributed by atoms with Gasteiger partial charge in [0, 0.05) is 56.4 Å². The normalized spacial score (nSPS) is 16.8. The van der Waals surface area contributed by atoms with Crippen LogP contribution in [0.3, 0.4) is 0 Å². The van der Waals surface area contributed by atoms with Crippen molar-refractivity contribution in [1.82, 2.24) is 14.9 Å². The lowest BCUT2D eigenvalue weighted by Gasteiger charge is -2.35. The van der Waals surface area contributed by atoms with Crippen LogP contribution >= 0.6 is 11.3 Å². The van der Waals surface area contributed by atoms with E-state index in [4.69, 9.17) is 0 Å². The summed E-state index contributed by atoms with van der Waals surface area (Å²) in [7, 11) is 0. The number of rotatable bonds is 5. The summed E-state index contributed by atoms with van der Waals surface area (Å²) in [4.78, 5) is 26.6. The summed E-state index contributed by atoms with van der Waals surface area (Å²) < 4.78 is 0.